The van der Waals surface area contributed by atoms with Crippen LogP contribution >= 0.6 is 15.9 Å². The van der Waals surface area contributed by atoms with Gasteiger partial charge in [0.15, 0.2) is 0 Å². The molecule has 1 atom stereocenters. The van der Waals surface area contributed by atoms with Crippen LogP contribution in [0.5, 0.6) is 0 Å². The highest BCUT2D eigenvalue weighted by atomic mass is 79.9. The van der Waals surface area contributed by atoms with Gasteiger partial charge in [0, 0.05) is 10.5 Å². The summed E-state index contributed by atoms with van der Waals surface area (Å²) in [7, 11) is 0. The first-order valence-corrected chi connectivity index (χ1v) is 7.14. The molecule has 2 heteroatoms. The molecular formula is C14H18BrN. The largest absolute Gasteiger partial charge is 0.300 e. The maximum absolute atomic E-state index is 3.68. The zero-order valence-electron chi connectivity index (χ0n) is 9.58. The fourth-order valence-corrected chi connectivity index (χ4v) is 3.70. The first-order valence-electron chi connectivity index (χ1n) is 6.35. The molecule has 1 fully saturated rings. The van der Waals surface area contributed by atoms with E-state index in [9.17, 15) is 0 Å². The molecule has 86 valence electrons. The lowest BCUT2D eigenvalue weighted by Gasteiger charge is -2.32. The predicted octanol–water partition coefficient (Wildman–Crippen LogP) is 3.40. The van der Waals surface area contributed by atoms with Crippen molar-refractivity contribution in [3.63, 3.8) is 0 Å². The van der Waals surface area contributed by atoms with Crippen LogP contribution in [0.3, 0.4) is 0 Å². The van der Waals surface area contributed by atoms with Crippen molar-refractivity contribution >= 4 is 15.9 Å². The van der Waals surface area contributed by atoms with Crippen LogP contribution in [0, 0.1) is 0 Å². The molecule has 2 aliphatic rings. The summed E-state index contributed by atoms with van der Waals surface area (Å²) in [6.45, 7) is 2.63. The molecule has 0 N–H and O–H groups in total. The quantitative estimate of drug-likeness (QED) is 0.762. The van der Waals surface area contributed by atoms with Crippen LogP contribution < -0.4 is 0 Å². The molecule has 1 saturated heterocycles. The molecule has 0 bridgehead atoms. The second-order valence-corrected chi connectivity index (χ2v) is 5.89. The van der Waals surface area contributed by atoms with Gasteiger partial charge in [-0.05, 0) is 56.0 Å². The highest BCUT2D eigenvalue weighted by molar-refractivity contribution is 9.10. The van der Waals surface area contributed by atoms with Crippen molar-refractivity contribution in [2.75, 3.05) is 13.1 Å². The third kappa shape index (κ3) is 1.93. The molecule has 1 aliphatic carbocycles. The van der Waals surface area contributed by atoms with E-state index in [0.29, 0.717) is 0 Å². The Bertz CT molecular complexity index is 382. The number of hydrogen-bond donors (Lipinski definition) is 0. The minimum atomic E-state index is 0.772. The summed E-state index contributed by atoms with van der Waals surface area (Å²) in [6.07, 6.45) is 6.73. The van der Waals surface area contributed by atoms with Crippen LogP contribution in [0.15, 0.2) is 22.7 Å². The van der Waals surface area contributed by atoms with Gasteiger partial charge in [0.2, 0.25) is 0 Å². The Morgan fingerprint density at radius 2 is 1.88 bits per heavy atom. The van der Waals surface area contributed by atoms with Crippen molar-refractivity contribution in [3.8, 4) is 0 Å². The van der Waals surface area contributed by atoms with Crippen LogP contribution in [-0.4, -0.2) is 24.0 Å². The standard InChI is InChI=1S/C14H18BrN/c15-14-6-4-5-11-9-12(10-13(11)14)16-7-2-1-3-8-16/h4-6,12H,1-3,7-10H2. The third-order valence-electron chi connectivity index (χ3n) is 4.02. The first kappa shape index (κ1) is 10.8. The van der Waals surface area contributed by atoms with Crippen LogP contribution in [0.1, 0.15) is 30.4 Å². The highest BCUT2D eigenvalue weighted by Gasteiger charge is 2.28. The highest BCUT2D eigenvalue weighted by Crippen LogP contribution is 2.32. The van der Waals surface area contributed by atoms with E-state index >= 15 is 0 Å². The Morgan fingerprint density at radius 1 is 1.06 bits per heavy atom. The first-order chi connectivity index (χ1) is 7.84. The van der Waals surface area contributed by atoms with Gasteiger partial charge in [-0.25, -0.2) is 0 Å². The summed E-state index contributed by atoms with van der Waals surface area (Å²) in [5.41, 5.74) is 3.11. The molecule has 0 spiro atoms. The van der Waals surface area contributed by atoms with Gasteiger partial charge in [-0.2, -0.15) is 0 Å². The van der Waals surface area contributed by atoms with E-state index < -0.39 is 0 Å². The summed E-state index contributed by atoms with van der Waals surface area (Å²) < 4.78 is 1.31. The van der Waals surface area contributed by atoms with Gasteiger partial charge in [0.1, 0.15) is 0 Å². The molecule has 0 amide bonds. The smallest absolute Gasteiger partial charge is 0.0210 e. The van der Waals surface area contributed by atoms with Crippen molar-refractivity contribution in [3.05, 3.63) is 33.8 Å². The average Bonchev–Trinajstić information content (AvgIpc) is 2.76. The molecule has 0 saturated carbocycles. The minimum Gasteiger partial charge on any atom is -0.300 e. The van der Waals surface area contributed by atoms with Gasteiger partial charge in [0.25, 0.3) is 0 Å². The second-order valence-electron chi connectivity index (χ2n) is 5.04. The third-order valence-corrected chi connectivity index (χ3v) is 4.76. The van der Waals surface area contributed by atoms with Gasteiger partial charge in [0.05, 0.1) is 0 Å². The van der Waals surface area contributed by atoms with Crippen molar-refractivity contribution < 1.29 is 0 Å². The zero-order valence-corrected chi connectivity index (χ0v) is 11.2. The number of benzene rings is 1. The monoisotopic (exact) mass is 279 g/mol. The Morgan fingerprint density at radius 3 is 2.62 bits per heavy atom. The van der Waals surface area contributed by atoms with E-state index in [-0.39, 0.29) is 0 Å². The maximum atomic E-state index is 3.68. The summed E-state index contributed by atoms with van der Waals surface area (Å²) in [5.74, 6) is 0. The molecule has 1 heterocycles. The Hall–Kier alpha value is -0.340. The van der Waals surface area contributed by atoms with Crippen molar-refractivity contribution in [2.24, 2.45) is 0 Å². The van der Waals surface area contributed by atoms with Crippen molar-refractivity contribution in [2.45, 2.75) is 38.1 Å². The predicted molar refractivity (Wildman–Crippen MR) is 70.8 cm³/mol. The molecule has 1 aromatic rings. The zero-order chi connectivity index (χ0) is 11.0. The number of fused-ring (bicyclic) bond motifs is 1. The number of likely N-dealkylation sites (tertiary alicyclic amines) is 1. The Labute approximate surface area is 106 Å². The summed E-state index contributed by atoms with van der Waals surface area (Å²) >= 11 is 3.68. The lowest BCUT2D eigenvalue weighted by molar-refractivity contribution is 0.168. The minimum absolute atomic E-state index is 0.772. The lowest BCUT2D eigenvalue weighted by atomic mass is 10.1. The van der Waals surface area contributed by atoms with Gasteiger partial charge < -0.3 is 0 Å². The molecule has 0 aromatic heterocycles. The van der Waals surface area contributed by atoms with E-state index in [1.165, 1.54) is 49.7 Å². The van der Waals surface area contributed by atoms with E-state index in [4.69, 9.17) is 0 Å². The molecule has 1 unspecified atom stereocenters. The van der Waals surface area contributed by atoms with E-state index in [1.807, 2.05) is 0 Å². The number of nitrogens with zero attached hydrogens (tertiary/aromatic N) is 1. The van der Waals surface area contributed by atoms with Gasteiger partial charge in [-0.3, -0.25) is 4.90 Å². The van der Waals surface area contributed by atoms with E-state index in [1.54, 1.807) is 11.1 Å². The molecule has 1 aliphatic heterocycles. The average molecular weight is 280 g/mol. The maximum Gasteiger partial charge on any atom is 0.0210 e. The lowest BCUT2D eigenvalue weighted by Crippen LogP contribution is -2.39. The van der Waals surface area contributed by atoms with Crippen LogP contribution in [-0.2, 0) is 12.8 Å². The number of piperidine rings is 1. The summed E-state index contributed by atoms with van der Waals surface area (Å²) in [5, 5.41) is 0. The van der Waals surface area contributed by atoms with Gasteiger partial charge in [-0.15, -0.1) is 0 Å². The van der Waals surface area contributed by atoms with Gasteiger partial charge in [-0.1, -0.05) is 34.5 Å². The molecular weight excluding hydrogens is 262 g/mol. The number of rotatable bonds is 1. The molecule has 3 rings (SSSR count). The summed E-state index contributed by atoms with van der Waals surface area (Å²) in [4.78, 5) is 2.70. The SMILES string of the molecule is Brc1cccc2c1CC(N1CCCCC1)C2. The van der Waals surface area contributed by atoms with Crippen molar-refractivity contribution in [1.29, 1.82) is 0 Å². The summed E-state index contributed by atoms with van der Waals surface area (Å²) in [6, 6.07) is 7.41. The fraction of sp³-hybridized carbons (Fsp3) is 0.571. The van der Waals surface area contributed by atoms with Crippen LogP contribution in [0.4, 0.5) is 0 Å². The Balaban J connectivity index is 1.77. The fourth-order valence-electron chi connectivity index (χ4n) is 3.13. The van der Waals surface area contributed by atoms with Crippen molar-refractivity contribution in [1.82, 2.24) is 4.90 Å². The second kappa shape index (κ2) is 4.50. The van der Waals surface area contributed by atoms with E-state index in [2.05, 4.69) is 39.0 Å². The van der Waals surface area contributed by atoms with Crippen LogP contribution in [0.25, 0.3) is 0 Å². The number of hydrogen-bond acceptors (Lipinski definition) is 1. The van der Waals surface area contributed by atoms with E-state index in [0.717, 1.165) is 6.04 Å². The van der Waals surface area contributed by atoms with Gasteiger partial charge >= 0.3 is 0 Å². The normalized spacial score (nSPS) is 25.7. The molecule has 1 nitrogen and oxygen atoms in total. The molecule has 1 aromatic carbocycles. The van der Waals surface area contributed by atoms with Crippen LogP contribution in [0.2, 0.25) is 0 Å². The number of halogens is 1. The Kier molecular flexibility index (Phi) is 3.03. The topological polar surface area (TPSA) is 3.24 Å². The molecule has 16 heavy (non-hydrogen) atoms. The molecule has 0 radical (unpaired) electrons.